The molecule has 8 heteroatoms. The smallest absolute Gasteiger partial charge is 0.303 e. The minimum Gasteiger partial charge on any atom is -0.481 e. The van der Waals surface area contributed by atoms with Gasteiger partial charge in [-0.1, -0.05) is 51.8 Å². The lowest BCUT2D eigenvalue weighted by Crippen LogP contribution is -2.27. The molecule has 0 radical (unpaired) electrons. The summed E-state index contributed by atoms with van der Waals surface area (Å²) in [6.45, 7) is 1.99. The van der Waals surface area contributed by atoms with E-state index in [1.165, 1.54) is 5.01 Å². The van der Waals surface area contributed by atoms with Crippen molar-refractivity contribution in [2.75, 3.05) is 0 Å². The molecule has 3 aromatic rings. The Morgan fingerprint density at radius 2 is 2.00 bits per heavy atom. The van der Waals surface area contributed by atoms with Crippen LogP contribution in [0.3, 0.4) is 0 Å². The van der Waals surface area contributed by atoms with Crippen LogP contribution in [0, 0.1) is 6.92 Å². The Morgan fingerprint density at radius 3 is 2.74 bits per heavy atom. The van der Waals surface area contributed by atoms with Crippen molar-refractivity contribution in [1.82, 2.24) is 9.99 Å². The van der Waals surface area contributed by atoms with Crippen LogP contribution in [0.1, 0.15) is 42.0 Å². The number of carbonyl (C=O) groups excluding carboxylic acids is 1. The average Bonchev–Trinajstić information content (AvgIpc) is 3.16. The van der Waals surface area contributed by atoms with E-state index in [2.05, 4.69) is 26.0 Å². The zero-order chi connectivity index (χ0) is 22.1. The largest absolute Gasteiger partial charge is 0.481 e. The van der Waals surface area contributed by atoms with Crippen LogP contribution in [0.15, 0.2) is 58.1 Å². The number of carboxylic acids is 1. The number of aromatic nitrogens is 1. The fourth-order valence-corrected chi connectivity index (χ4v) is 4.33. The van der Waals surface area contributed by atoms with Crippen molar-refractivity contribution in [3.05, 3.63) is 74.8 Å². The molecule has 2 heterocycles. The molecule has 1 aromatic heterocycles. The molecule has 0 fully saturated rings. The summed E-state index contributed by atoms with van der Waals surface area (Å²) in [6, 6.07) is 15.1. The highest BCUT2D eigenvalue weighted by Crippen LogP contribution is 2.38. The number of aliphatic carboxylic acids is 1. The van der Waals surface area contributed by atoms with E-state index < -0.39 is 12.0 Å². The second kappa shape index (κ2) is 8.77. The first-order chi connectivity index (χ1) is 14.8. The summed E-state index contributed by atoms with van der Waals surface area (Å²) in [4.78, 5) is 28.4. The Labute approximate surface area is 192 Å². The molecule has 0 spiro atoms. The lowest BCUT2D eigenvalue weighted by Gasteiger charge is -2.23. The molecular weight excluding hydrogens is 482 g/mol. The van der Waals surface area contributed by atoms with Crippen molar-refractivity contribution in [3.63, 3.8) is 0 Å². The lowest BCUT2D eigenvalue weighted by molar-refractivity contribution is -0.141. The van der Waals surface area contributed by atoms with Crippen molar-refractivity contribution < 1.29 is 14.7 Å². The molecule has 2 aromatic carbocycles. The monoisotopic (exact) mass is 499 g/mol. The van der Waals surface area contributed by atoms with E-state index in [4.69, 9.17) is 16.7 Å². The van der Waals surface area contributed by atoms with E-state index in [-0.39, 0.29) is 18.7 Å². The molecule has 0 bridgehead atoms. The predicted molar refractivity (Wildman–Crippen MR) is 123 cm³/mol. The summed E-state index contributed by atoms with van der Waals surface area (Å²) < 4.78 is 0.903. The van der Waals surface area contributed by atoms with E-state index in [1.807, 2.05) is 55.5 Å². The lowest BCUT2D eigenvalue weighted by atomic mass is 9.98. The molecular formula is C23H19BrClN3O3. The SMILES string of the molecule is Cc1ccc2cc([C@@H]3CC(c4cccc(Br)c4)=NN3C(=O)CCC(=O)O)c(Cl)nc2c1. The molecule has 4 rings (SSSR count). The van der Waals surface area contributed by atoms with Crippen LogP contribution in [0.25, 0.3) is 10.9 Å². The van der Waals surface area contributed by atoms with Gasteiger partial charge < -0.3 is 5.11 Å². The van der Waals surface area contributed by atoms with Gasteiger partial charge in [-0.3, -0.25) is 9.59 Å². The summed E-state index contributed by atoms with van der Waals surface area (Å²) in [5.41, 5.74) is 4.16. The van der Waals surface area contributed by atoms with Gasteiger partial charge in [0, 0.05) is 28.3 Å². The zero-order valence-corrected chi connectivity index (χ0v) is 19.0. The summed E-state index contributed by atoms with van der Waals surface area (Å²) in [7, 11) is 0. The van der Waals surface area contributed by atoms with Crippen LogP contribution in [0.5, 0.6) is 0 Å². The second-order valence-corrected chi connectivity index (χ2v) is 8.75. The number of hydrazone groups is 1. The molecule has 0 saturated carbocycles. The number of benzene rings is 2. The standard InChI is InChI=1S/C23H19BrClN3O3/c1-13-5-6-15-11-17(23(25)26-18(15)9-13)20-12-19(14-3-2-4-16(24)10-14)27-28(20)21(29)7-8-22(30)31/h2-6,9-11,20H,7-8,12H2,1H3,(H,30,31)/t20-/m0/s1. The molecule has 0 aliphatic carbocycles. The molecule has 0 saturated heterocycles. The van der Waals surface area contributed by atoms with E-state index in [0.717, 1.165) is 32.2 Å². The van der Waals surface area contributed by atoms with Crippen LogP contribution in [-0.2, 0) is 9.59 Å². The molecule has 158 valence electrons. The number of nitrogens with zero attached hydrogens (tertiary/aromatic N) is 3. The second-order valence-electron chi connectivity index (χ2n) is 7.47. The Morgan fingerprint density at radius 1 is 1.19 bits per heavy atom. The van der Waals surface area contributed by atoms with Crippen LogP contribution in [0.4, 0.5) is 0 Å². The van der Waals surface area contributed by atoms with Gasteiger partial charge in [-0.25, -0.2) is 9.99 Å². The van der Waals surface area contributed by atoms with Crippen molar-refractivity contribution in [2.24, 2.45) is 5.10 Å². The van der Waals surface area contributed by atoms with Gasteiger partial charge in [0.25, 0.3) is 0 Å². The Hall–Kier alpha value is -2.77. The highest BCUT2D eigenvalue weighted by Gasteiger charge is 2.35. The number of hydrogen-bond acceptors (Lipinski definition) is 4. The number of carboxylic acid groups (broad SMARTS) is 1. The van der Waals surface area contributed by atoms with Gasteiger partial charge >= 0.3 is 5.97 Å². The average molecular weight is 501 g/mol. The fourth-order valence-electron chi connectivity index (χ4n) is 3.66. The Balaban J connectivity index is 1.75. The molecule has 1 aliphatic rings. The van der Waals surface area contributed by atoms with Crippen LogP contribution < -0.4 is 0 Å². The maximum atomic E-state index is 12.9. The van der Waals surface area contributed by atoms with Crippen LogP contribution >= 0.6 is 27.5 Å². The number of amides is 1. The van der Waals surface area contributed by atoms with Gasteiger partial charge in [0.05, 0.1) is 23.7 Å². The molecule has 1 amide bonds. The van der Waals surface area contributed by atoms with Crippen molar-refractivity contribution in [2.45, 2.75) is 32.2 Å². The first kappa shape index (κ1) is 21.5. The topological polar surface area (TPSA) is 82.9 Å². The number of hydrogen-bond donors (Lipinski definition) is 1. The van der Waals surface area contributed by atoms with Gasteiger partial charge in [0.1, 0.15) is 5.15 Å². The quantitative estimate of drug-likeness (QED) is 0.469. The molecule has 6 nitrogen and oxygen atoms in total. The molecule has 1 N–H and O–H groups in total. The number of aryl methyl sites for hydroxylation is 1. The van der Waals surface area contributed by atoms with Gasteiger partial charge in [-0.15, -0.1) is 0 Å². The summed E-state index contributed by atoms with van der Waals surface area (Å²) in [6.07, 6.45) is 0.0553. The Kier molecular flexibility index (Phi) is 6.07. The number of fused-ring (bicyclic) bond motifs is 1. The van der Waals surface area contributed by atoms with E-state index >= 15 is 0 Å². The maximum Gasteiger partial charge on any atom is 0.303 e. The van der Waals surface area contributed by atoms with Gasteiger partial charge in [-0.2, -0.15) is 5.10 Å². The highest BCUT2D eigenvalue weighted by molar-refractivity contribution is 9.10. The summed E-state index contributed by atoms with van der Waals surface area (Å²) >= 11 is 10.0. The van der Waals surface area contributed by atoms with E-state index in [0.29, 0.717) is 17.1 Å². The third kappa shape index (κ3) is 4.62. The van der Waals surface area contributed by atoms with Crippen LogP contribution in [-0.4, -0.2) is 32.7 Å². The van der Waals surface area contributed by atoms with E-state index in [9.17, 15) is 9.59 Å². The minimum absolute atomic E-state index is 0.140. The highest BCUT2D eigenvalue weighted by atomic mass is 79.9. The predicted octanol–water partition coefficient (Wildman–Crippen LogP) is 5.50. The summed E-state index contributed by atoms with van der Waals surface area (Å²) in [5.74, 6) is -1.39. The number of halogens is 2. The van der Waals surface area contributed by atoms with Crippen molar-refractivity contribution in [3.8, 4) is 0 Å². The van der Waals surface area contributed by atoms with Crippen molar-refractivity contribution >= 4 is 56.0 Å². The maximum absolute atomic E-state index is 12.9. The molecule has 0 unspecified atom stereocenters. The van der Waals surface area contributed by atoms with Gasteiger partial charge in [0.15, 0.2) is 0 Å². The third-order valence-corrected chi connectivity index (χ3v) is 5.99. The first-order valence-electron chi connectivity index (χ1n) is 9.76. The Bertz CT molecular complexity index is 1230. The number of pyridine rings is 1. The van der Waals surface area contributed by atoms with Crippen LogP contribution in [0.2, 0.25) is 5.15 Å². The molecule has 31 heavy (non-hydrogen) atoms. The van der Waals surface area contributed by atoms with Gasteiger partial charge in [0.2, 0.25) is 5.91 Å². The van der Waals surface area contributed by atoms with E-state index in [1.54, 1.807) is 0 Å². The number of rotatable bonds is 5. The normalized spacial score (nSPS) is 15.9. The fraction of sp³-hybridized carbons (Fsp3) is 0.217. The van der Waals surface area contributed by atoms with Gasteiger partial charge in [-0.05, 0) is 42.3 Å². The number of carbonyl (C=O) groups is 2. The van der Waals surface area contributed by atoms with Crippen molar-refractivity contribution in [1.29, 1.82) is 0 Å². The molecule has 1 aliphatic heterocycles. The minimum atomic E-state index is -1.03. The third-order valence-electron chi connectivity index (χ3n) is 5.19. The first-order valence-corrected chi connectivity index (χ1v) is 10.9. The zero-order valence-electron chi connectivity index (χ0n) is 16.7. The summed E-state index contributed by atoms with van der Waals surface area (Å²) in [5, 5.41) is 16.2. The molecule has 1 atom stereocenters.